The molecule has 6 heteroatoms. The summed E-state index contributed by atoms with van der Waals surface area (Å²) in [6, 6.07) is 16.1. The number of hydrogen-bond donors (Lipinski definition) is 1. The molecule has 0 spiro atoms. The molecule has 1 fully saturated rings. The number of nitrogens with zero attached hydrogens (tertiary/aromatic N) is 2. The summed E-state index contributed by atoms with van der Waals surface area (Å²) in [5.74, 6) is 0.327. The summed E-state index contributed by atoms with van der Waals surface area (Å²) in [7, 11) is 0. The van der Waals surface area contributed by atoms with E-state index in [2.05, 4.69) is 41.5 Å². The van der Waals surface area contributed by atoms with Crippen molar-refractivity contribution in [2.24, 2.45) is 0 Å². The van der Waals surface area contributed by atoms with Gasteiger partial charge in [0, 0.05) is 42.1 Å². The molecular formula is C28H31N3O2S. The Morgan fingerprint density at radius 3 is 2.59 bits per heavy atom. The molecule has 0 radical (unpaired) electrons. The lowest BCUT2D eigenvalue weighted by atomic mass is 9.97. The van der Waals surface area contributed by atoms with Crippen molar-refractivity contribution in [1.82, 2.24) is 9.88 Å². The number of likely N-dealkylation sites (tertiary alicyclic amines) is 1. The molecule has 5 nitrogen and oxygen atoms in total. The molecule has 2 amide bonds. The lowest BCUT2D eigenvalue weighted by molar-refractivity contribution is -0.132. The van der Waals surface area contributed by atoms with Crippen molar-refractivity contribution < 1.29 is 9.59 Å². The third-order valence-electron chi connectivity index (χ3n) is 6.25. The summed E-state index contributed by atoms with van der Waals surface area (Å²) < 4.78 is 0. The zero-order valence-corrected chi connectivity index (χ0v) is 20.6. The van der Waals surface area contributed by atoms with Gasteiger partial charge in [0.2, 0.25) is 5.91 Å². The van der Waals surface area contributed by atoms with E-state index >= 15 is 0 Å². The van der Waals surface area contributed by atoms with Crippen LogP contribution in [0.3, 0.4) is 0 Å². The van der Waals surface area contributed by atoms with Gasteiger partial charge >= 0.3 is 0 Å². The van der Waals surface area contributed by atoms with E-state index in [1.165, 1.54) is 16.9 Å². The molecule has 1 aliphatic rings. The number of aromatic nitrogens is 1. The van der Waals surface area contributed by atoms with E-state index in [4.69, 9.17) is 0 Å². The molecule has 1 N–H and O–H groups in total. The lowest BCUT2D eigenvalue weighted by Gasteiger charge is -2.31. The van der Waals surface area contributed by atoms with Crippen molar-refractivity contribution in [2.45, 2.75) is 45.4 Å². The maximum atomic E-state index is 13.0. The summed E-state index contributed by atoms with van der Waals surface area (Å²) in [6.07, 6.45) is 7.16. The van der Waals surface area contributed by atoms with Crippen LogP contribution in [0.15, 0.2) is 66.1 Å². The Morgan fingerprint density at radius 2 is 1.85 bits per heavy atom. The quantitative estimate of drug-likeness (QED) is 0.402. The van der Waals surface area contributed by atoms with Crippen LogP contribution in [0, 0.1) is 6.92 Å². The standard InChI is InChI=1S/C28H31N3O2S/c1-3-4-5-10-26(32)31-17-15-22(16-18-31)28-30-25(19-34-28)27(33)29-24-9-7-6-8-23(24)21-13-11-20(2)12-14-21/h3-4,6-9,11-14,19,22H,5,10,15-18H2,1-2H3,(H,29,33)/b4-3+. The molecule has 1 aromatic heterocycles. The van der Waals surface area contributed by atoms with Gasteiger partial charge in [-0.15, -0.1) is 11.3 Å². The second-order valence-electron chi connectivity index (χ2n) is 8.70. The molecule has 34 heavy (non-hydrogen) atoms. The number of piperidine rings is 1. The molecule has 0 unspecified atom stereocenters. The lowest BCUT2D eigenvalue weighted by Crippen LogP contribution is -2.37. The van der Waals surface area contributed by atoms with E-state index in [9.17, 15) is 9.59 Å². The van der Waals surface area contributed by atoms with Gasteiger partial charge in [0.25, 0.3) is 5.91 Å². The SMILES string of the molecule is C/C=C/CCC(=O)N1CCC(c2nc(C(=O)Nc3ccccc3-c3ccc(C)cc3)cs2)CC1. The first kappa shape index (κ1) is 23.9. The molecular weight excluding hydrogens is 442 g/mol. The highest BCUT2D eigenvalue weighted by Crippen LogP contribution is 2.32. The molecule has 2 aromatic carbocycles. The molecule has 0 aliphatic carbocycles. The van der Waals surface area contributed by atoms with E-state index in [0.717, 1.165) is 54.2 Å². The van der Waals surface area contributed by atoms with Gasteiger partial charge in [0.05, 0.1) is 5.01 Å². The Balaban J connectivity index is 1.38. The number of amides is 2. The minimum atomic E-state index is -0.196. The smallest absolute Gasteiger partial charge is 0.275 e. The van der Waals surface area contributed by atoms with Crippen LogP contribution >= 0.6 is 11.3 Å². The first-order valence-corrected chi connectivity index (χ1v) is 12.7. The number of anilines is 1. The Kier molecular flexibility index (Phi) is 7.91. The number of para-hydroxylation sites is 1. The Labute approximate surface area is 205 Å². The van der Waals surface area contributed by atoms with Crippen molar-refractivity contribution in [1.29, 1.82) is 0 Å². The van der Waals surface area contributed by atoms with Crippen molar-refractivity contribution in [3.63, 3.8) is 0 Å². The van der Waals surface area contributed by atoms with Crippen LogP contribution in [-0.4, -0.2) is 34.8 Å². The van der Waals surface area contributed by atoms with E-state index in [1.807, 2.05) is 53.6 Å². The zero-order valence-electron chi connectivity index (χ0n) is 19.8. The second kappa shape index (κ2) is 11.3. The predicted molar refractivity (Wildman–Crippen MR) is 139 cm³/mol. The van der Waals surface area contributed by atoms with E-state index in [0.29, 0.717) is 18.0 Å². The Bertz CT molecular complexity index is 1160. The van der Waals surface area contributed by atoms with Crippen LogP contribution in [0.4, 0.5) is 5.69 Å². The number of nitrogens with one attached hydrogen (secondary N) is 1. The number of carbonyl (C=O) groups is 2. The Morgan fingerprint density at radius 1 is 1.12 bits per heavy atom. The van der Waals surface area contributed by atoms with Crippen molar-refractivity contribution >= 4 is 28.8 Å². The van der Waals surface area contributed by atoms with Crippen LogP contribution in [0.2, 0.25) is 0 Å². The first-order chi connectivity index (χ1) is 16.5. The number of aryl methyl sites for hydroxylation is 1. The highest BCUT2D eigenvalue weighted by molar-refractivity contribution is 7.10. The third-order valence-corrected chi connectivity index (χ3v) is 7.26. The van der Waals surface area contributed by atoms with Crippen molar-refractivity contribution in [3.05, 3.63) is 82.3 Å². The van der Waals surface area contributed by atoms with Gasteiger partial charge < -0.3 is 10.2 Å². The topological polar surface area (TPSA) is 62.3 Å². The fourth-order valence-electron chi connectivity index (χ4n) is 4.25. The van der Waals surface area contributed by atoms with Gasteiger partial charge in [-0.25, -0.2) is 4.98 Å². The van der Waals surface area contributed by atoms with Crippen LogP contribution in [0.25, 0.3) is 11.1 Å². The molecule has 4 rings (SSSR count). The van der Waals surface area contributed by atoms with Gasteiger partial charge in [-0.3, -0.25) is 9.59 Å². The van der Waals surface area contributed by atoms with Gasteiger partial charge in [-0.05, 0) is 44.7 Å². The summed E-state index contributed by atoms with van der Waals surface area (Å²) >= 11 is 1.54. The number of thiazole rings is 1. The number of rotatable bonds is 7. The van der Waals surface area contributed by atoms with Crippen LogP contribution < -0.4 is 5.32 Å². The monoisotopic (exact) mass is 473 g/mol. The van der Waals surface area contributed by atoms with Gasteiger partial charge in [-0.1, -0.05) is 60.2 Å². The van der Waals surface area contributed by atoms with Gasteiger partial charge in [0.15, 0.2) is 0 Å². The number of benzene rings is 2. The largest absolute Gasteiger partial charge is 0.343 e. The summed E-state index contributed by atoms with van der Waals surface area (Å²) in [4.78, 5) is 32.0. The Hall–Kier alpha value is -3.25. The number of carbonyl (C=O) groups excluding carboxylic acids is 2. The fraction of sp³-hybridized carbons (Fsp3) is 0.321. The van der Waals surface area contributed by atoms with Gasteiger partial charge in [0.1, 0.15) is 5.69 Å². The molecule has 3 aromatic rings. The molecule has 0 atom stereocenters. The molecule has 176 valence electrons. The van der Waals surface area contributed by atoms with Crippen molar-refractivity contribution in [2.75, 3.05) is 18.4 Å². The first-order valence-electron chi connectivity index (χ1n) is 11.9. The molecule has 0 bridgehead atoms. The minimum Gasteiger partial charge on any atom is -0.343 e. The molecule has 0 saturated carbocycles. The average molecular weight is 474 g/mol. The zero-order chi connectivity index (χ0) is 23.9. The summed E-state index contributed by atoms with van der Waals surface area (Å²) in [5.41, 5.74) is 4.47. The van der Waals surface area contributed by atoms with Crippen LogP contribution in [0.5, 0.6) is 0 Å². The molecule has 1 aliphatic heterocycles. The molecule has 2 heterocycles. The summed E-state index contributed by atoms with van der Waals surface area (Å²) in [5, 5.41) is 5.87. The predicted octanol–water partition coefficient (Wildman–Crippen LogP) is 6.43. The van der Waals surface area contributed by atoms with Gasteiger partial charge in [-0.2, -0.15) is 0 Å². The van der Waals surface area contributed by atoms with E-state index < -0.39 is 0 Å². The van der Waals surface area contributed by atoms with Crippen LogP contribution in [0.1, 0.15) is 59.6 Å². The van der Waals surface area contributed by atoms with Crippen LogP contribution in [-0.2, 0) is 4.79 Å². The third kappa shape index (κ3) is 5.81. The molecule has 1 saturated heterocycles. The van der Waals surface area contributed by atoms with Crippen molar-refractivity contribution in [3.8, 4) is 11.1 Å². The minimum absolute atomic E-state index is 0.196. The second-order valence-corrected chi connectivity index (χ2v) is 9.59. The van der Waals surface area contributed by atoms with E-state index in [1.54, 1.807) is 0 Å². The fourth-order valence-corrected chi connectivity index (χ4v) is 5.22. The maximum Gasteiger partial charge on any atom is 0.275 e. The maximum absolute atomic E-state index is 13.0. The number of allylic oxidation sites excluding steroid dienone is 2. The summed E-state index contributed by atoms with van der Waals surface area (Å²) in [6.45, 7) is 5.54. The average Bonchev–Trinajstić information content (AvgIpc) is 3.36. The highest BCUT2D eigenvalue weighted by atomic mass is 32.1. The normalized spacial score (nSPS) is 14.5. The van der Waals surface area contributed by atoms with E-state index in [-0.39, 0.29) is 11.8 Å². The highest BCUT2D eigenvalue weighted by Gasteiger charge is 2.26. The number of hydrogen-bond acceptors (Lipinski definition) is 4.